The van der Waals surface area contributed by atoms with Crippen molar-refractivity contribution in [2.45, 2.75) is 31.6 Å². The molecule has 1 heterocycles. The minimum atomic E-state index is -3.81. The van der Waals surface area contributed by atoms with Crippen molar-refractivity contribution in [2.75, 3.05) is 6.54 Å². The first-order chi connectivity index (χ1) is 9.91. The van der Waals surface area contributed by atoms with E-state index in [-0.39, 0.29) is 17.0 Å². The molecule has 0 aliphatic carbocycles. The molecule has 110 valence electrons. The lowest BCUT2D eigenvalue weighted by molar-refractivity contribution is 0.0878. The molecule has 2 rings (SSSR count). The van der Waals surface area contributed by atoms with E-state index in [1.807, 2.05) is 13.0 Å². The number of allylic oxidation sites excluding steroid dienone is 1. The summed E-state index contributed by atoms with van der Waals surface area (Å²) in [7, 11) is -3.81. The minimum Gasteiger partial charge on any atom is -0.268 e. The molecule has 0 spiro atoms. The summed E-state index contributed by atoms with van der Waals surface area (Å²) < 4.78 is 25.6. The Morgan fingerprint density at radius 3 is 2.76 bits per heavy atom. The van der Waals surface area contributed by atoms with E-state index in [1.165, 1.54) is 12.1 Å². The zero-order valence-corrected chi connectivity index (χ0v) is 12.8. The Morgan fingerprint density at radius 1 is 1.43 bits per heavy atom. The first kappa shape index (κ1) is 15.3. The predicted octanol–water partition coefficient (Wildman–Crippen LogP) is 2.25. The second-order valence-electron chi connectivity index (χ2n) is 5.02. The number of nitrogens with zero attached hydrogens (tertiary/aromatic N) is 2. The van der Waals surface area contributed by atoms with E-state index in [4.69, 9.17) is 5.26 Å². The normalized spacial score (nSPS) is 16.7. The zero-order valence-electron chi connectivity index (χ0n) is 12.0. The highest BCUT2D eigenvalue weighted by Gasteiger charge is 2.41. The lowest BCUT2D eigenvalue weighted by atomic mass is 10.1. The van der Waals surface area contributed by atoms with E-state index in [1.54, 1.807) is 19.1 Å². The number of hydrogen-bond donors (Lipinski definition) is 0. The highest BCUT2D eigenvalue weighted by atomic mass is 32.2. The number of fused-ring (bicyclic) bond motifs is 1. The maximum Gasteiger partial charge on any atom is 0.269 e. The van der Waals surface area contributed by atoms with Gasteiger partial charge in [0.1, 0.15) is 4.90 Å². The summed E-state index contributed by atoms with van der Waals surface area (Å²) in [4.78, 5) is 12.4. The summed E-state index contributed by atoms with van der Waals surface area (Å²) in [6.07, 6.45) is 2.97. The number of rotatable bonds is 4. The van der Waals surface area contributed by atoms with Crippen LogP contribution in [0.2, 0.25) is 0 Å². The van der Waals surface area contributed by atoms with E-state index < -0.39 is 15.9 Å². The number of sulfonamides is 1. The SMILES string of the molecule is CCCc1ccc2c(c1)C(=O)N(CC(C)=CC#N)S2(=O)=O. The average Bonchev–Trinajstić information content (AvgIpc) is 2.61. The van der Waals surface area contributed by atoms with Gasteiger partial charge in [-0.25, -0.2) is 12.7 Å². The maximum absolute atomic E-state index is 12.4. The molecule has 0 saturated carbocycles. The van der Waals surface area contributed by atoms with Gasteiger partial charge in [0.15, 0.2) is 0 Å². The quantitative estimate of drug-likeness (QED) is 0.799. The van der Waals surface area contributed by atoms with Gasteiger partial charge in [-0.1, -0.05) is 19.4 Å². The van der Waals surface area contributed by atoms with Crippen LogP contribution < -0.4 is 0 Å². The largest absolute Gasteiger partial charge is 0.269 e. The molecule has 0 atom stereocenters. The third kappa shape index (κ3) is 2.69. The molecule has 0 N–H and O–H groups in total. The van der Waals surface area contributed by atoms with E-state index in [0.717, 1.165) is 22.7 Å². The Labute approximate surface area is 124 Å². The number of nitriles is 1. The smallest absolute Gasteiger partial charge is 0.268 e. The zero-order chi connectivity index (χ0) is 15.6. The Bertz CT molecular complexity index is 758. The standard InChI is InChI=1S/C15H16N2O3S/c1-3-4-12-5-6-14-13(9-12)15(18)17(21(14,19)20)10-11(2)7-8-16/h5-7,9H,3-4,10H2,1-2H3. The number of hydrogen-bond acceptors (Lipinski definition) is 4. The lowest BCUT2D eigenvalue weighted by Crippen LogP contribution is -2.31. The highest BCUT2D eigenvalue weighted by molar-refractivity contribution is 7.90. The van der Waals surface area contributed by atoms with Gasteiger partial charge in [-0.2, -0.15) is 5.26 Å². The number of amides is 1. The predicted molar refractivity (Wildman–Crippen MR) is 78.0 cm³/mol. The van der Waals surface area contributed by atoms with Crippen LogP contribution >= 0.6 is 0 Å². The molecule has 6 heteroatoms. The van der Waals surface area contributed by atoms with Gasteiger partial charge in [-0.3, -0.25) is 4.79 Å². The molecular weight excluding hydrogens is 288 g/mol. The van der Waals surface area contributed by atoms with Gasteiger partial charge in [0.05, 0.1) is 18.2 Å². The molecule has 21 heavy (non-hydrogen) atoms. The van der Waals surface area contributed by atoms with Crippen LogP contribution in [0.3, 0.4) is 0 Å². The molecule has 1 aliphatic heterocycles. The first-order valence-electron chi connectivity index (χ1n) is 6.67. The number of benzene rings is 1. The fourth-order valence-electron chi connectivity index (χ4n) is 2.31. The summed E-state index contributed by atoms with van der Waals surface area (Å²) >= 11 is 0. The number of carbonyl (C=O) groups is 1. The van der Waals surface area contributed by atoms with Crippen LogP contribution in [0.1, 0.15) is 36.2 Å². The van der Waals surface area contributed by atoms with Crippen LogP contribution in [0.15, 0.2) is 34.7 Å². The van der Waals surface area contributed by atoms with E-state index in [9.17, 15) is 13.2 Å². The summed E-state index contributed by atoms with van der Waals surface area (Å²) in [5.41, 5.74) is 1.70. The van der Waals surface area contributed by atoms with Gasteiger partial charge in [0.2, 0.25) is 0 Å². The molecule has 1 aromatic rings. The Balaban J connectivity index is 2.44. The van der Waals surface area contributed by atoms with Crippen molar-refractivity contribution in [2.24, 2.45) is 0 Å². The third-order valence-electron chi connectivity index (χ3n) is 3.31. The lowest BCUT2D eigenvalue weighted by Gasteiger charge is -2.14. The topological polar surface area (TPSA) is 78.2 Å². The van der Waals surface area contributed by atoms with Crippen LogP contribution in [0, 0.1) is 11.3 Å². The number of carbonyl (C=O) groups excluding carboxylic acids is 1. The number of aryl methyl sites for hydroxylation is 1. The molecule has 0 unspecified atom stereocenters. The molecular formula is C15H16N2O3S. The van der Waals surface area contributed by atoms with Crippen molar-refractivity contribution >= 4 is 15.9 Å². The van der Waals surface area contributed by atoms with E-state index in [2.05, 4.69) is 0 Å². The van der Waals surface area contributed by atoms with Crippen molar-refractivity contribution in [3.05, 3.63) is 41.0 Å². The van der Waals surface area contributed by atoms with Crippen LogP contribution in [0.5, 0.6) is 0 Å². The summed E-state index contributed by atoms with van der Waals surface area (Å²) in [5, 5.41) is 8.60. The van der Waals surface area contributed by atoms with Gasteiger partial charge in [0, 0.05) is 6.08 Å². The maximum atomic E-state index is 12.4. The van der Waals surface area contributed by atoms with E-state index >= 15 is 0 Å². The average molecular weight is 304 g/mol. The summed E-state index contributed by atoms with van der Waals surface area (Å²) in [6.45, 7) is 3.55. The van der Waals surface area contributed by atoms with Gasteiger partial charge in [0.25, 0.3) is 15.9 Å². The second kappa shape index (κ2) is 5.70. The molecule has 1 aromatic carbocycles. The minimum absolute atomic E-state index is 0.0529. The van der Waals surface area contributed by atoms with Gasteiger partial charge < -0.3 is 0 Å². The molecule has 0 aromatic heterocycles. The first-order valence-corrected chi connectivity index (χ1v) is 8.11. The van der Waals surface area contributed by atoms with Crippen LogP contribution in [-0.2, 0) is 16.4 Å². The van der Waals surface area contributed by atoms with Crippen molar-refractivity contribution in [3.8, 4) is 6.07 Å². The van der Waals surface area contributed by atoms with Crippen molar-refractivity contribution in [3.63, 3.8) is 0 Å². The molecule has 5 nitrogen and oxygen atoms in total. The highest BCUT2D eigenvalue weighted by Crippen LogP contribution is 2.31. The van der Waals surface area contributed by atoms with Gasteiger partial charge in [-0.05, 0) is 36.6 Å². The third-order valence-corrected chi connectivity index (χ3v) is 5.10. The Kier molecular flexibility index (Phi) is 4.14. The summed E-state index contributed by atoms with van der Waals surface area (Å²) in [5.74, 6) is -0.520. The molecule has 1 amide bonds. The summed E-state index contributed by atoms with van der Waals surface area (Å²) in [6, 6.07) is 6.73. The fraction of sp³-hybridized carbons (Fsp3) is 0.333. The van der Waals surface area contributed by atoms with Gasteiger partial charge in [-0.15, -0.1) is 0 Å². The van der Waals surface area contributed by atoms with Crippen molar-refractivity contribution < 1.29 is 13.2 Å². The van der Waals surface area contributed by atoms with Crippen molar-refractivity contribution in [1.29, 1.82) is 5.26 Å². The molecule has 1 aliphatic rings. The molecule has 0 radical (unpaired) electrons. The van der Waals surface area contributed by atoms with Gasteiger partial charge >= 0.3 is 0 Å². The van der Waals surface area contributed by atoms with E-state index in [0.29, 0.717) is 5.57 Å². The van der Waals surface area contributed by atoms with Crippen LogP contribution in [-0.4, -0.2) is 25.2 Å². The Morgan fingerprint density at radius 2 is 2.14 bits per heavy atom. The monoisotopic (exact) mass is 304 g/mol. The molecule has 0 fully saturated rings. The Hall–Kier alpha value is -2.13. The fourth-order valence-corrected chi connectivity index (χ4v) is 3.91. The van der Waals surface area contributed by atoms with Crippen LogP contribution in [0.4, 0.5) is 0 Å². The van der Waals surface area contributed by atoms with Crippen molar-refractivity contribution in [1.82, 2.24) is 4.31 Å². The van der Waals surface area contributed by atoms with Crippen LogP contribution in [0.25, 0.3) is 0 Å². The molecule has 0 bridgehead atoms. The molecule has 0 saturated heterocycles. The second-order valence-corrected chi connectivity index (χ2v) is 6.85.